The smallest absolute Gasteiger partial charge is 0.186 e. The van der Waals surface area contributed by atoms with Crippen molar-refractivity contribution < 1.29 is 58.3 Å². The van der Waals surface area contributed by atoms with E-state index in [0.29, 0.717) is 26.4 Å². The molecular formula is C44H56O12. The molecule has 0 saturated carbocycles. The van der Waals surface area contributed by atoms with Crippen LogP contribution in [0.4, 0.5) is 0 Å². The van der Waals surface area contributed by atoms with Gasteiger partial charge in [0.25, 0.3) is 0 Å². The SMILES string of the molecule is OC[C@H]1O[C@@H](OCC(COC(COCc2ccccc2)COCc2ccccc2)COC(COCc2ccccc2)COCc2ccccc2)[C@H](O)[C@@H](O)[C@H]1O. The molecule has 0 amide bonds. The van der Waals surface area contributed by atoms with Gasteiger partial charge in [0.2, 0.25) is 0 Å². The third-order valence-electron chi connectivity index (χ3n) is 9.14. The van der Waals surface area contributed by atoms with Crippen LogP contribution >= 0.6 is 0 Å². The summed E-state index contributed by atoms with van der Waals surface area (Å²) >= 11 is 0. The largest absolute Gasteiger partial charge is 0.394 e. The summed E-state index contributed by atoms with van der Waals surface area (Å²) in [7, 11) is 0. The highest BCUT2D eigenvalue weighted by atomic mass is 16.7. The van der Waals surface area contributed by atoms with Crippen molar-refractivity contribution in [2.45, 2.75) is 69.3 Å². The second-order valence-electron chi connectivity index (χ2n) is 13.8. The van der Waals surface area contributed by atoms with Crippen LogP contribution in [0.3, 0.4) is 0 Å². The minimum Gasteiger partial charge on any atom is -0.394 e. The van der Waals surface area contributed by atoms with Gasteiger partial charge >= 0.3 is 0 Å². The van der Waals surface area contributed by atoms with Gasteiger partial charge in [-0.25, -0.2) is 0 Å². The summed E-state index contributed by atoms with van der Waals surface area (Å²) in [6.07, 6.45) is -7.94. The number of aliphatic hydroxyl groups excluding tert-OH is 4. The molecular weight excluding hydrogens is 720 g/mol. The first kappa shape index (κ1) is 43.5. The maximum Gasteiger partial charge on any atom is 0.186 e. The molecule has 1 saturated heterocycles. The number of hydrogen-bond acceptors (Lipinski definition) is 12. The van der Waals surface area contributed by atoms with E-state index < -0.39 is 55.4 Å². The highest BCUT2D eigenvalue weighted by Gasteiger charge is 2.44. The summed E-state index contributed by atoms with van der Waals surface area (Å²) in [5.74, 6) is -0.418. The Labute approximate surface area is 329 Å². The molecule has 12 heteroatoms. The first-order chi connectivity index (χ1) is 27.5. The summed E-state index contributed by atoms with van der Waals surface area (Å²) in [6.45, 7) is 2.35. The van der Waals surface area contributed by atoms with Crippen molar-refractivity contribution in [2.75, 3.05) is 52.9 Å². The average molecular weight is 777 g/mol. The van der Waals surface area contributed by atoms with Crippen LogP contribution in [-0.4, -0.2) is 116 Å². The lowest BCUT2D eigenvalue weighted by Gasteiger charge is -2.40. The summed E-state index contributed by atoms with van der Waals surface area (Å²) in [6, 6.07) is 39.5. The molecule has 4 N–H and O–H groups in total. The Morgan fingerprint density at radius 3 is 1.14 bits per heavy atom. The van der Waals surface area contributed by atoms with Crippen molar-refractivity contribution in [1.82, 2.24) is 0 Å². The summed E-state index contributed by atoms with van der Waals surface area (Å²) < 4.78 is 48.7. The van der Waals surface area contributed by atoms with Gasteiger partial charge in [0.05, 0.1) is 79.3 Å². The van der Waals surface area contributed by atoms with E-state index in [1.165, 1.54) is 0 Å². The molecule has 0 aliphatic carbocycles. The Hall–Kier alpha value is -3.60. The minimum absolute atomic E-state index is 0.0202. The number of ether oxygens (including phenoxy) is 8. The fourth-order valence-electron chi connectivity index (χ4n) is 5.94. The molecule has 5 rings (SSSR count). The van der Waals surface area contributed by atoms with E-state index >= 15 is 0 Å². The second-order valence-corrected chi connectivity index (χ2v) is 13.8. The fourth-order valence-corrected chi connectivity index (χ4v) is 5.94. The third kappa shape index (κ3) is 15.4. The number of rotatable bonds is 26. The Bertz CT molecular complexity index is 1380. The van der Waals surface area contributed by atoms with Gasteiger partial charge in [0, 0.05) is 5.92 Å². The minimum atomic E-state index is -1.57. The van der Waals surface area contributed by atoms with Crippen molar-refractivity contribution in [1.29, 1.82) is 0 Å². The fraction of sp³-hybridized carbons (Fsp3) is 0.455. The van der Waals surface area contributed by atoms with Crippen molar-refractivity contribution in [3.8, 4) is 0 Å². The predicted octanol–water partition coefficient (Wildman–Crippen LogP) is 4.06. The van der Waals surface area contributed by atoms with Crippen LogP contribution in [-0.2, 0) is 64.3 Å². The van der Waals surface area contributed by atoms with Gasteiger partial charge in [-0.2, -0.15) is 0 Å². The first-order valence-corrected chi connectivity index (χ1v) is 19.1. The Balaban J connectivity index is 1.24. The predicted molar refractivity (Wildman–Crippen MR) is 207 cm³/mol. The lowest BCUT2D eigenvalue weighted by molar-refractivity contribution is -0.304. The van der Waals surface area contributed by atoms with Crippen LogP contribution in [0, 0.1) is 5.92 Å². The van der Waals surface area contributed by atoms with Crippen LogP contribution < -0.4 is 0 Å². The van der Waals surface area contributed by atoms with Crippen molar-refractivity contribution in [3.05, 3.63) is 144 Å². The van der Waals surface area contributed by atoms with Crippen LogP contribution in [0.5, 0.6) is 0 Å². The van der Waals surface area contributed by atoms with Gasteiger partial charge in [0.15, 0.2) is 6.29 Å². The van der Waals surface area contributed by atoms with E-state index in [0.717, 1.165) is 22.3 Å². The number of aliphatic hydroxyl groups is 4. The normalized spacial score (nSPS) is 19.9. The lowest BCUT2D eigenvalue weighted by Crippen LogP contribution is -2.59. The van der Waals surface area contributed by atoms with Crippen LogP contribution in [0.25, 0.3) is 0 Å². The Kier molecular flexibility index (Phi) is 19.4. The molecule has 5 atom stereocenters. The van der Waals surface area contributed by atoms with Crippen LogP contribution in [0.2, 0.25) is 0 Å². The highest BCUT2D eigenvalue weighted by Crippen LogP contribution is 2.23. The molecule has 0 unspecified atom stereocenters. The van der Waals surface area contributed by atoms with Gasteiger partial charge in [-0.1, -0.05) is 121 Å². The summed E-state index contributed by atoms with van der Waals surface area (Å²) in [5.41, 5.74) is 4.13. The van der Waals surface area contributed by atoms with E-state index in [1.807, 2.05) is 121 Å². The monoisotopic (exact) mass is 776 g/mol. The topological polar surface area (TPSA) is 155 Å². The van der Waals surface area contributed by atoms with E-state index in [4.69, 9.17) is 37.9 Å². The molecule has 0 bridgehead atoms. The molecule has 1 heterocycles. The molecule has 0 spiro atoms. The van der Waals surface area contributed by atoms with E-state index in [2.05, 4.69) is 0 Å². The van der Waals surface area contributed by atoms with Crippen molar-refractivity contribution >= 4 is 0 Å². The summed E-state index contributed by atoms with van der Waals surface area (Å²) in [5, 5.41) is 41.0. The number of hydrogen-bond donors (Lipinski definition) is 4. The maximum atomic E-state index is 10.7. The Morgan fingerprint density at radius 2 is 0.804 bits per heavy atom. The van der Waals surface area contributed by atoms with Gasteiger partial charge < -0.3 is 58.3 Å². The van der Waals surface area contributed by atoms with Crippen molar-refractivity contribution in [3.63, 3.8) is 0 Å². The molecule has 4 aromatic rings. The zero-order valence-corrected chi connectivity index (χ0v) is 31.7. The second kappa shape index (κ2) is 24.9. The molecule has 4 aromatic carbocycles. The standard InChI is InChI=1S/C44H56O12/c45-21-40-41(46)42(47)43(48)44(56-40)55-28-37(26-53-38(29-49-22-33-13-5-1-6-14-33)30-50-23-34-15-7-2-8-16-34)27-54-39(31-51-24-35-17-9-3-10-18-35)32-52-25-36-19-11-4-12-20-36/h1-20,37-48H,21-32H2/t40-,41+,42+,43-,44-/m1/s1. The molecule has 1 fully saturated rings. The molecule has 0 radical (unpaired) electrons. The molecule has 1 aliphatic heterocycles. The van der Waals surface area contributed by atoms with Crippen LogP contribution in [0.15, 0.2) is 121 Å². The molecule has 1 aliphatic rings. The van der Waals surface area contributed by atoms with E-state index in [1.54, 1.807) is 0 Å². The highest BCUT2D eigenvalue weighted by molar-refractivity contribution is 5.15. The quantitative estimate of drug-likeness (QED) is 0.0728. The van der Waals surface area contributed by atoms with E-state index in [9.17, 15) is 20.4 Å². The number of benzene rings is 4. The average Bonchev–Trinajstić information content (AvgIpc) is 3.24. The van der Waals surface area contributed by atoms with Gasteiger partial charge in [-0.05, 0) is 22.3 Å². The molecule has 0 aromatic heterocycles. The van der Waals surface area contributed by atoms with Crippen LogP contribution in [0.1, 0.15) is 22.3 Å². The lowest BCUT2D eigenvalue weighted by atomic mass is 9.99. The first-order valence-electron chi connectivity index (χ1n) is 19.1. The molecule has 12 nitrogen and oxygen atoms in total. The Morgan fingerprint density at radius 1 is 0.446 bits per heavy atom. The zero-order valence-electron chi connectivity index (χ0n) is 31.7. The third-order valence-corrected chi connectivity index (χ3v) is 9.14. The maximum absolute atomic E-state index is 10.7. The summed E-state index contributed by atoms with van der Waals surface area (Å²) in [4.78, 5) is 0. The molecule has 56 heavy (non-hydrogen) atoms. The zero-order chi connectivity index (χ0) is 39.2. The van der Waals surface area contributed by atoms with Gasteiger partial charge in [-0.15, -0.1) is 0 Å². The van der Waals surface area contributed by atoms with Crippen molar-refractivity contribution in [2.24, 2.45) is 5.92 Å². The van der Waals surface area contributed by atoms with E-state index in [-0.39, 0.29) is 46.2 Å². The molecule has 304 valence electrons. The van der Waals surface area contributed by atoms with Gasteiger partial charge in [-0.3, -0.25) is 0 Å². The van der Waals surface area contributed by atoms with Gasteiger partial charge in [0.1, 0.15) is 36.6 Å².